The lowest BCUT2D eigenvalue weighted by Gasteiger charge is -2.31. The number of aliphatic hydroxyl groups excluding tert-OH is 1. The van der Waals surface area contributed by atoms with Crippen LogP contribution in [0.5, 0.6) is 0 Å². The predicted molar refractivity (Wildman–Crippen MR) is 113 cm³/mol. The fourth-order valence-corrected chi connectivity index (χ4v) is 6.17. The van der Waals surface area contributed by atoms with Crippen LogP contribution in [0.2, 0.25) is 0 Å². The van der Waals surface area contributed by atoms with E-state index >= 15 is 0 Å². The highest BCUT2D eigenvalue weighted by molar-refractivity contribution is 7.98. The maximum atomic E-state index is 10.2. The number of hydrogen-bond acceptors (Lipinski definition) is 6. The summed E-state index contributed by atoms with van der Waals surface area (Å²) in [5.41, 5.74) is 1.47. The van der Waals surface area contributed by atoms with Gasteiger partial charge in [-0.15, -0.1) is 23.1 Å². The molecule has 3 heterocycles. The summed E-state index contributed by atoms with van der Waals surface area (Å²) in [6.45, 7) is 1.65. The van der Waals surface area contributed by atoms with Crippen molar-refractivity contribution >= 4 is 39.1 Å². The van der Waals surface area contributed by atoms with Gasteiger partial charge < -0.3 is 10.0 Å². The minimum atomic E-state index is -0.252. The zero-order valence-electron chi connectivity index (χ0n) is 15.2. The number of thioether (sulfide) groups is 1. The van der Waals surface area contributed by atoms with E-state index in [9.17, 15) is 5.11 Å². The van der Waals surface area contributed by atoms with Crippen LogP contribution in [-0.4, -0.2) is 34.3 Å². The van der Waals surface area contributed by atoms with Crippen LogP contribution in [-0.2, 0) is 18.6 Å². The molecular weight excluding hydrogens is 374 g/mol. The number of β-amino-alcohol motifs (C(OH)–C–C–N with tert-alkyl or cyclic N) is 1. The van der Waals surface area contributed by atoms with Gasteiger partial charge in [0.05, 0.1) is 17.2 Å². The van der Waals surface area contributed by atoms with Crippen molar-refractivity contribution in [1.29, 1.82) is 0 Å². The molecule has 0 saturated carbocycles. The minimum absolute atomic E-state index is 0.252. The predicted octanol–water partition coefficient (Wildman–Crippen LogP) is 4.43. The van der Waals surface area contributed by atoms with Crippen LogP contribution in [0, 0.1) is 0 Å². The molecule has 4 nitrogen and oxygen atoms in total. The first kappa shape index (κ1) is 17.5. The molecule has 140 valence electrons. The first-order valence-electron chi connectivity index (χ1n) is 9.70. The van der Waals surface area contributed by atoms with E-state index in [0.29, 0.717) is 6.54 Å². The second-order valence-electron chi connectivity index (χ2n) is 7.34. The van der Waals surface area contributed by atoms with E-state index in [-0.39, 0.29) is 6.10 Å². The Morgan fingerprint density at radius 1 is 1.15 bits per heavy atom. The lowest BCUT2D eigenvalue weighted by Crippen LogP contribution is -2.39. The number of nitrogens with zero attached hydrogens (tertiary/aromatic N) is 3. The van der Waals surface area contributed by atoms with Crippen molar-refractivity contribution in [3.05, 3.63) is 46.6 Å². The summed E-state index contributed by atoms with van der Waals surface area (Å²) >= 11 is 3.63. The Kier molecular flexibility index (Phi) is 4.80. The molecular formula is C21H23N3OS2. The quantitative estimate of drug-likeness (QED) is 0.660. The number of anilines is 1. The zero-order chi connectivity index (χ0) is 18.2. The fraction of sp³-hybridized carbons (Fsp3) is 0.429. The van der Waals surface area contributed by atoms with Crippen LogP contribution < -0.4 is 4.90 Å². The molecule has 1 aliphatic carbocycles. The van der Waals surface area contributed by atoms with E-state index in [1.54, 1.807) is 11.8 Å². The highest BCUT2D eigenvalue weighted by Gasteiger charge is 2.27. The number of benzene rings is 1. The molecule has 1 unspecified atom stereocenters. The Hall–Kier alpha value is -1.63. The Morgan fingerprint density at radius 2 is 2.04 bits per heavy atom. The van der Waals surface area contributed by atoms with E-state index in [4.69, 9.17) is 9.97 Å². The summed E-state index contributed by atoms with van der Waals surface area (Å²) in [5, 5.41) is 11.5. The van der Waals surface area contributed by atoms with E-state index in [1.165, 1.54) is 33.6 Å². The first-order valence-corrected chi connectivity index (χ1v) is 11.5. The molecule has 2 aromatic heterocycles. The molecule has 1 aromatic carbocycles. The van der Waals surface area contributed by atoms with Crippen molar-refractivity contribution in [3.8, 4) is 0 Å². The zero-order valence-corrected chi connectivity index (χ0v) is 16.9. The Bertz CT molecular complexity index is 957. The van der Waals surface area contributed by atoms with Gasteiger partial charge in [0.15, 0.2) is 0 Å². The fourth-order valence-electron chi connectivity index (χ4n) is 4.12. The summed E-state index contributed by atoms with van der Waals surface area (Å²) in [6.07, 6.45) is 5.21. The Morgan fingerprint density at radius 3 is 2.89 bits per heavy atom. The van der Waals surface area contributed by atoms with E-state index in [2.05, 4.69) is 29.2 Å². The summed E-state index contributed by atoms with van der Waals surface area (Å²) < 4.78 is 0. The second-order valence-corrected chi connectivity index (χ2v) is 9.48. The number of fused-ring (bicyclic) bond motifs is 3. The average molecular weight is 398 g/mol. The molecule has 1 fully saturated rings. The molecule has 1 atom stereocenters. The molecule has 6 heteroatoms. The summed E-state index contributed by atoms with van der Waals surface area (Å²) in [6, 6.07) is 10.4. The molecule has 0 spiro atoms. The number of aliphatic hydroxyl groups is 1. The monoisotopic (exact) mass is 397 g/mol. The Labute approximate surface area is 167 Å². The van der Waals surface area contributed by atoms with Gasteiger partial charge in [0, 0.05) is 22.9 Å². The molecule has 1 aliphatic heterocycles. The van der Waals surface area contributed by atoms with Crippen molar-refractivity contribution in [2.75, 3.05) is 18.0 Å². The molecule has 0 bridgehead atoms. The van der Waals surface area contributed by atoms with Gasteiger partial charge in [-0.3, -0.25) is 0 Å². The second kappa shape index (κ2) is 7.41. The standard InChI is InChI=1S/C21H23N3OS2/c25-14-6-5-11-24(12-14)20-19-16-9-4-10-17(16)27-21(19)23-18(22-20)13-26-15-7-2-1-3-8-15/h1-3,7-8,14,25H,4-6,9-13H2. The smallest absolute Gasteiger partial charge is 0.142 e. The van der Waals surface area contributed by atoms with Crippen molar-refractivity contribution in [1.82, 2.24) is 9.97 Å². The van der Waals surface area contributed by atoms with Crippen LogP contribution in [0.25, 0.3) is 10.2 Å². The average Bonchev–Trinajstić information content (AvgIpc) is 3.27. The van der Waals surface area contributed by atoms with E-state index < -0.39 is 0 Å². The molecule has 3 aromatic rings. The molecule has 5 rings (SSSR count). The number of rotatable bonds is 4. The Balaban J connectivity index is 1.53. The lowest BCUT2D eigenvalue weighted by molar-refractivity contribution is 0.154. The van der Waals surface area contributed by atoms with Gasteiger partial charge >= 0.3 is 0 Å². The first-order chi connectivity index (χ1) is 13.3. The van der Waals surface area contributed by atoms with Crippen molar-refractivity contribution in [3.63, 3.8) is 0 Å². The molecule has 1 N–H and O–H groups in total. The third-order valence-electron chi connectivity index (χ3n) is 5.40. The summed E-state index contributed by atoms with van der Waals surface area (Å²) in [7, 11) is 0. The van der Waals surface area contributed by atoms with Crippen molar-refractivity contribution < 1.29 is 5.11 Å². The van der Waals surface area contributed by atoms with Gasteiger partial charge in [0.25, 0.3) is 0 Å². The molecule has 2 aliphatic rings. The van der Waals surface area contributed by atoms with Crippen LogP contribution in [0.4, 0.5) is 5.82 Å². The van der Waals surface area contributed by atoms with Crippen molar-refractivity contribution in [2.24, 2.45) is 0 Å². The number of aryl methyl sites for hydroxylation is 2. The highest BCUT2D eigenvalue weighted by Crippen LogP contribution is 2.41. The lowest BCUT2D eigenvalue weighted by atomic mass is 10.1. The maximum Gasteiger partial charge on any atom is 0.142 e. The number of hydrogen-bond donors (Lipinski definition) is 1. The van der Waals surface area contributed by atoms with E-state index in [1.807, 2.05) is 17.4 Å². The molecule has 1 saturated heterocycles. The number of thiophene rings is 1. The van der Waals surface area contributed by atoms with Gasteiger partial charge in [-0.25, -0.2) is 9.97 Å². The van der Waals surface area contributed by atoms with Gasteiger partial charge in [-0.2, -0.15) is 0 Å². The normalized spacial score (nSPS) is 19.6. The van der Waals surface area contributed by atoms with Gasteiger partial charge in [-0.1, -0.05) is 18.2 Å². The summed E-state index contributed by atoms with van der Waals surface area (Å²) in [5.74, 6) is 2.72. The third kappa shape index (κ3) is 3.46. The SMILES string of the molecule is OC1CCCN(c2nc(CSc3ccccc3)nc3sc4c(c23)CCC4)C1. The van der Waals surface area contributed by atoms with Crippen LogP contribution in [0.1, 0.15) is 35.5 Å². The van der Waals surface area contributed by atoms with Gasteiger partial charge in [-0.05, 0) is 49.8 Å². The molecule has 27 heavy (non-hydrogen) atoms. The van der Waals surface area contributed by atoms with E-state index in [0.717, 1.165) is 48.0 Å². The van der Waals surface area contributed by atoms with Crippen LogP contribution in [0.3, 0.4) is 0 Å². The third-order valence-corrected chi connectivity index (χ3v) is 7.59. The maximum absolute atomic E-state index is 10.2. The van der Waals surface area contributed by atoms with Gasteiger partial charge in [0.1, 0.15) is 16.5 Å². The number of aromatic nitrogens is 2. The molecule has 0 amide bonds. The molecule has 0 radical (unpaired) electrons. The highest BCUT2D eigenvalue weighted by atomic mass is 32.2. The summed E-state index contributed by atoms with van der Waals surface area (Å²) in [4.78, 5) is 16.1. The van der Waals surface area contributed by atoms with Gasteiger partial charge in [0.2, 0.25) is 0 Å². The van der Waals surface area contributed by atoms with Crippen LogP contribution >= 0.6 is 23.1 Å². The topological polar surface area (TPSA) is 49.2 Å². The largest absolute Gasteiger partial charge is 0.391 e. The van der Waals surface area contributed by atoms with Crippen LogP contribution in [0.15, 0.2) is 35.2 Å². The number of piperidine rings is 1. The van der Waals surface area contributed by atoms with Crippen molar-refractivity contribution in [2.45, 2.75) is 48.9 Å². The minimum Gasteiger partial charge on any atom is -0.391 e.